The minimum Gasteiger partial charge on any atom is -0.497 e. The highest BCUT2D eigenvalue weighted by molar-refractivity contribution is 6.30. The molecule has 2 atom stereocenters. The Hall–Kier alpha value is -1.26. The average Bonchev–Trinajstić information content (AvgIpc) is 2.80. The van der Waals surface area contributed by atoms with Crippen LogP contribution in [0.5, 0.6) is 5.75 Å². The molecular weight excluding hydrogens is 357 g/mol. The molecule has 0 fully saturated rings. The third-order valence-electron chi connectivity index (χ3n) is 4.71. The number of aliphatic hydroxyl groups excluding tert-OH is 1. The first-order valence-electron chi connectivity index (χ1n) is 8.48. The highest BCUT2D eigenvalue weighted by Gasteiger charge is 2.18. The Labute approximate surface area is 160 Å². The molecule has 2 aromatic rings. The Morgan fingerprint density at radius 2 is 2.08 bits per heavy atom. The summed E-state index contributed by atoms with van der Waals surface area (Å²) in [6.45, 7) is 0.532. The highest BCUT2D eigenvalue weighted by Crippen LogP contribution is 2.25. The van der Waals surface area contributed by atoms with Crippen molar-refractivity contribution in [1.82, 2.24) is 5.32 Å². The van der Waals surface area contributed by atoms with Crippen LogP contribution in [0.4, 0.5) is 0 Å². The summed E-state index contributed by atoms with van der Waals surface area (Å²) in [4.78, 5) is 0. The Morgan fingerprint density at radius 1 is 1.24 bits per heavy atom. The molecule has 0 amide bonds. The van der Waals surface area contributed by atoms with Crippen LogP contribution >= 0.6 is 24.0 Å². The molecule has 5 heteroatoms. The van der Waals surface area contributed by atoms with E-state index in [0.717, 1.165) is 37.0 Å². The van der Waals surface area contributed by atoms with E-state index in [4.69, 9.17) is 16.3 Å². The minimum atomic E-state index is -0.545. The second kappa shape index (κ2) is 9.44. The second-order valence-electron chi connectivity index (χ2n) is 6.41. The summed E-state index contributed by atoms with van der Waals surface area (Å²) in [5, 5.41) is 14.6. The van der Waals surface area contributed by atoms with E-state index in [-0.39, 0.29) is 12.4 Å². The zero-order valence-corrected chi connectivity index (χ0v) is 15.9. The summed E-state index contributed by atoms with van der Waals surface area (Å²) in [5.74, 6) is 0.911. The highest BCUT2D eigenvalue weighted by atomic mass is 35.5. The monoisotopic (exact) mass is 381 g/mol. The summed E-state index contributed by atoms with van der Waals surface area (Å²) in [6, 6.07) is 14.1. The number of hydrogen-bond donors (Lipinski definition) is 2. The van der Waals surface area contributed by atoms with Gasteiger partial charge in [-0.1, -0.05) is 29.8 Å². The standard InChI is InChI=1S/C20H24ClNO2.ClH/c1-24-19-9-8-14-4-3-7-18(11-16(14)12-19)22-13-20(23)15-5-2-6-17(21)10-15;/h2,5-6,8-10,12,18,20,22-23H,3-4,7,11,13H2,1H3;1H/t18?,20-;/m0./s1. The van der Waals surface area contributed by atoms with Gasteiger partial charge >= 0.3 is 0 Å². The van der Waals surface area contributed by atoms with Crippen molar-refractivity contribution in [2.24, 2.45) is 0 Å². The molecule has 2 aromatic carbocycles. The van der Waals surface area contributed by atoms with Crippen LogP contribution < -0.4 is 10.1 Å². The normalized spacial score (nSPS) is 17.8. The number of ether oxygens (including phenoxy) is 1. The van der Waals surface area contributed by atoms with Crippen molar-refractivity contribution in [3.63, 3.8) is 0 Å². The topological polar surface area (TPSA) is 41.5 Å². The number of rotatable bonds is 5. The first-order valence-corrected chi connectivity index (χ1v) is 8.86. The third-order valence-corrected chi connectivity index (χ3v) is 4.95. The van der Waals surface area contributed by atoms with E-state index in [0.29, 0.717) is 17.6 Å². The Bertz CT molecular complexity index is 693. The van der Waals surface area contributed by atoms with Gasteiger partial charge in [-0.25, -0.2) is 0 Å². The van der Waals surface area contributed by atoms with Gasteiger partial charge in [0, 0.05) is 17.6 Å². The molecule has 1 unspecified atom stereocenters. The number of hydrogen-bond acceptors (Lipinski definition) is 3. The average molecular weight is 382 g/mol. The van der Waals surface area contributed by atoms with Crippen molar-refractivity contribution in [2.45, 2.75) is 37.8 Å². The molecular formula is C20H25Cl2NO2. The van der Waals surface area contributed by atoms with Crippen LogP contribution in [0.25, 0.3) is 0 Å². The van der Waals surface area contributed by atoms with Crippen molar-refractivity contribution < 1.29 is 9.84 Å². The fourth-order valence-electron chi connectivity index (χ4n) is 3.35. The summed E-state index contributed by atoms with van der Waals surface area (Å²) in [5.41, 5.74) is 3.61. The largest absolute Gasteiger partial charge is 0.497 e. The maximum atomic E-state index is 10.4. The molecule has 0 radical (unpaired) electrons. The van der Waals surface area contributed by atoms with Gasteiger partial charge in [0.2, 0.25) is 0 Å². The van der Waals surface area contributed by atoms with Crippen LogP contribution in [0.1, 0.15) is 35.6 Å². The number of halogens is 2. The van der Waals surface area contributed by atoms with Gasteiger partial charge in [-0.2, -0.15) is 0 Å². The smallest absolute Gasteiger partial charge is 0.119 e. The zero-order chi connectivity index (χ0) is 16.9. The quantitative estimate of drug-likeness (QED) is 0.756. The van der Waals surface area contributed by atoms with Gasteiger partial charge in [0.25, 0.3) is 0 Å². The van der Waals surface area contributed by atoms with E-state index in [1.807, 2.05) is 30.3 Å². The maximum absolute atomic E-state index is 10.4. The van der Waals surface area contributed by atoms with Crippen LogP contribution in [0.2, 0.25) is 5.02 Å². The molecule has 0 bridgehead atoms. The van der Waals surface area contributed by atoms with E-state index in [1.165, 1.54) is 11.1 Å². The van der Waals surface area contributed by atoms with Gasteiger partial charge in [0.05, 0.1) is 13.2 Å². The Kier molecular flexibility index (Phi) is 7.57. The first kappa shape index (κ1) is 20.1. The summed E-state index contributed by atoms with van der Waals surface area (Å²) in [7, 11) is 1.70. The number of nitrogens with one attached hydrogen (secondary N) is 1. The molecule has 3 nitrogen and oxygen atoms in total. The molecule has 3 rings (SSSR count). The predicted octanol–water partition coefficient (Wildman–Crippen LogP) is 4.34. The van der Waals surface area contributed by atoms with Crippen LogP contribution in [0, 0.1) is 0 Å². The lowest BCUT2D eigenvalue weighted by Crippen LogP contribution is -2.34. The van der Waals surface area contributed by atoms with E-state index < -0.39 is 6.10 Å². The van der Waals surface area contributed by atoms with E-state index in [1.54, 1.807) is 7.11 Å². The SMILES string of the molecule is COc1ccc2c(c1)CC(NC[C@H](O)c1cccc(Cl)c1)CCC2.Cl. The molecule has 0 spiro atoms. The molecule has 0 aromatic heterocycles. The molecule has 0 heterocycles. The Balaban J connectivity index is 0.00000225. The van der Waals surface area contributed by atoms with Crippen molar-refractivity contribution >= 4 is 24.0 Å². The summed E-state index contributed by atoms with van der Waals surface area (Å²) in [6.07, 6.45) is 3.80. The predicted molar refractivity (Wildman–Crippen MR) is 105 cm³/mol. The van der Waals surface area contributed by atoms with Gasteiger partial charge in [-0.05, 0) is 66.6 Å². The number of benzene rings is 2. The van der Waals surface area contributed by atoms with Gasteiger partial charge < -0.3 is 15.2 Å². The molecule has 1 aliphatic rings. The van der Waals surface area contributed by atoms with Crippen molar-refractivity contribution in [2.75, 3.05) is 13.7 Å². The van der Waals surface area contributed by atoms with Crippen LogP contribution in [0.15, 0.2) is 42.5 Å². The molecule has 0 saturated heterocycles. The lowest BCUT2D eigenvalue weighted by Gasteiger charge is -2.20. The molecule has 0 saturated carbocycles. The maximum Gasteiger partial charge on any atom is 0.119 e. The molecule has 0 aliphatic heterocycles. The van der Waals surface area contributed by atoms with Crippen LogP contribution in [0.3, 0.4) is 0 Å². The lowest BCUT2D eigenvalue weighted by atomic mass is 10.0. The van der Waals surface area contributed by atoms with Gasteiger partial charge in [0.15, 0.2) is 0 Å². The Morgan fingerprint density at radius 3 is 2.84 bits per heavy atom. The van der Waals surface area contributed by atoms with Gasteiger partial charge in [-0.3, -0.25) is 0 Å². The first-order chi connectivity index (χ1) is 11.7. The number of aryl methyl sites for hydroxylation is 1. The molecule has 2 N–H and O–H groups in total. The van der Waals surface area contributed by atoms with Crippen molar-refractivity contribution in [3.05, 3.63) is 64.2 Å². The van der Waals surface area contributed by atoms with Crippen molar-refractivity contribution in [1.29, 1.82) is 0 Å². The number of fused-ring (bicyclic) bond motifs is 1. The minimum absolute atomic E-state index is 0. The van der Waals surface area contributed by atoms with Crippen molar-refractivity contribution in [3.8, 4) is 5.75 Å². The number of methoxy groups -OCH3 is 1. The van der Waals surface area contributed by atoms with Crippen LogP contribution in [-0.2, 0) is 12.8 Å². The summed E-state index contributed by atoms with van der Waals surface area (Å²) >= 11 is 6.00. The van der Waals surface area contributed by atoms with E-state index >= 15 is 0 Å². The fourth-order valence-corrected chi connectivity index (χ4v) is 3.55. The lowest BCUT2D eigenvalue weighted by molar-refractivity contribution is 0.169. The zero-order valence-electron chi connectivity index (χ0n) is 14.4. The fraction of sp³-hybridized carbons (Fsp3) is 0.400. The van der Waals surface area contributed by atoms with E-state index in [9.17, 15) is 5.11 Å². The van der Waals surface area contributed by atoms with E-state index in [2.05, 4.69) is 17.4 Å². The second-order valence-corrected chi connectivity index (χ2v) is 6.84. The molecule has 1 aliphatic carbocycles. The summed E-state index contributed by atoms with van der Waals surface area (Å²) < 4.78 is 5.35. The van der Waals surface area contributed by atoms with Crippen LogP contribution in [-0.4, -0.2) is 24.8 Å². The van der Waals surface area contributed by atoms with Gasteiger partial charge in [0.1, 0.15) is 5.75 Å². The molecule has 25 heavy (non-hydrogen) atoms. The molecule has 136 valence electrons. The number of aliphatic hydroxyl groups is 1. The third kappa shape index (κ3) is 5.35. The van der Waals surface area contributed by atoms with Gasteiger partial charge in [-0.15, -0.1) is 12.4 Å².